The van der Waals surface area contributed by atoms with Crippen LogP contribution < -0.4 is 10.1 Å². The van der Waals surface area contributed by atoms with Crippen molar-refractivity contribution in [3.8, 4) is 5.75 Å². The lowest BCUT2D eigenvalue weighted by molar-refractivity contribution is 0.305. The Morgan fingerprint density at radius 1 is 1.24 bits per heavy atom. The van der Waals surface area contributed by atoms with E-state index in [1.807, 2.05) is 18.3 Å². The highest BCUT2D eigenvalue weighted by Gasteiger charge is 2.04. The first-order chi connectivity index (χ1) is 10.2. The molecule has 1 aromatic heterocycles. The van der Waals surface area contributed by atoms with Crippen LogP contribution in [0.4, 0.5) is 0 Å². The zero-order chi connectivity index (χ0) is 15.1. The second kappa shape index (κ2) is 8.15. The molecule has 2 aromatic rings. The van der Waals surface area contributed by atoms with Gasteiger partial charge in [0, 0.05) is 17.6 Å². The molecule has 0 aliphatic carbocycles. The number of nitrogens with zero attached hydrogens (tertiary/aromatic N) is 1. The molecular weight excluding hydrogens is 280 g/mol. The summed E-state index contributed by atoms with van der Waals surface area (Å²) >= 11 is 1.71. The lowest BCUT2D eigenvalue weighted by atomic mass is 10.0. The van der Waals surface area contributed by atoms with Crippen LogP contribution >= 0.6 is 11.3 Å². The normalized spacial score (nSPS) is 11.0. The van der Waals surface area contributed by atoms with Gasteiger partial charge in [-0.1, -0.05) is 32.9 Å². The van der Waals surface area contributed by atoms with E-state index in [2.05, 4.69) is 43.2 Å². The molecule has 4 heteroatoms. The van der Waals surface area contributed by atoms with Gasteiger partial charge in [-0.3, -0.25) is 0 Å². The highest BCUT2D eigenvalue weighted by molar-refractivity contribution is 7.11. The van der Waals surface area contributed by atoms with Gasteiger partial charge in [-0.05, 0) is 36.6 Å². The van der Waals surface area contributed by atoms with Crippen molar-refractivity contribution in [2.24, 2.45) is 0 Å². The molecule has 21 heavy (non-hydrogen) atoms. The summed E-state index contributed by atoms with van der Waals surface area (Å²) in [5.74, 6) is 1.46. The monoisotopic (exact) mass is 304 g/mol. The van der Waals surface area contributed by atoms with Crippen molar-refractivity contribution in [3.05, 3.63) is 45.9 Å². The molecule has 0 radical (unpaired) electrons. The summed E-state index contributed by atoms with van der Waals surface area (Å²) in [4.78, 5) is 5.67. The van der Waals surface area contributed by atoms with E-state index in [0.29, 0.717) is 12.5 Å². The number of nitrogens with one attached hydrogen (secondary N) is 1. The molecule has 1 aromatic carbocycles. The van der Waals surface area contributed by atoms with E-state index >= 15 is 0 Å². The van der Waals surface area contributed by atoms with E-state index in [-0.39, 0.29) is 0 Å². The van der Waals surface area contributed by atoms with Crippen LogP contribution in [0.3, 0.4) is 0 Å². The van der Waals surface area contributed by atoms with Crippen molar-refractivity contribution < 1.29 is 4.74 Å². The fourth-order valence-electron chi connectivity index (χ4n) is 1.98. The van der Waals surface area contributed by atoms with E-state index in [0.717, 1.165) is 30.3 Å². The van der Waals surface area contributed by atoms with Gasteiger partial charge in [-0.25, -0.2) is 4.98 Å². The summed E-state index contributed by atoms with van der Waals surface area (Å²) in [7, 11) is 0. The minimum Gasteiger partial charge on any atom is -0.486 e. The van der Waals surface area contributed by atoms with Crippen LogP contribution in [0.15, 0.2) is 30.5 Å². The topological polar surface area (TPSA) is 34.2 Å². The number of ether oxygens (including phenoxy) is 1. The lowest BCUT2D eigenvalue weighted by Gasteiger charge is -2.07. The summed E-state index contributed by atoms with van der Waals surface area (Å²) in [6.45, 7) is 9.04. The van der Waals surface area contributed by atoms with Crippen LogP contribution in [-0.2, 0) is 13.2 Å². The summed E-state index contributed by atoms with van der Waals surface area (Å²) in [6, 6.07) is 8.32. The van der Waals surface area contributed by atoms with Gasteiger partial charge >= 0.3 is 0 Å². The van der Waals surface area contributed by atoms with Crippen LogP contribution in [0.25, 0.3) is 0 Å². The van der Waals surface area contributed by atoms with E-state index < -0.39 is 0 Å². The number of aromatic nitrogens is 1. The first-order valence-corrected chi connectivity index (χ1v) is 8.37. The Morgan fingerprint density at radius 2 is 2.00 bits per heavy atom. The Bertz CT molecular complexity index is 534. The van der Waals surface area contributed by atoms with Crippen LogP contribution in [0.2, 0.25) is 0 Å². The summed E-state index contributed by atoms with van der Waals surface area (Å²) in [5, 5.41) is 4.41. The molecule has 0 saturated heterocycles. The molecule has 0 aliphatic heterocycles. The van der Waals surface area contributed by atoms with Gasteiger partial charge in [0.15, 0.2) is 0 Å². The van der Waals surface area contributed by atoms with Crippen LogP contribution in [0.5, 0.6) is 5.75 Å². The Kier molecular flexibility index (Phi) is 6.21. The maximum Gasteiger partial charge on any atom is 0.140 e. The molecule has 0 bridgehead atoms. The molecule has 0 spiro atoms. The van der Waals surface area contributed by atoms with E-state index in [9.17, 15) is 0 Å². The van der Waals surface area contributed by atoms with Crippen molar-refractivity contribution in [2.75, 3.05) is 6.54 Å². The quantitative estimate of drug-likeness (QED) is 0.736. The highest BCUT2D eigenvalue weighted by Crippen LogP contribution is 2.20. The molecule has 1 N–H and O–H groups in total. The van der Waals surface area contributed by atoms with Crippen molar-refractivity contribution in [3.63, 3.8) is 0 Å². The van der Waals surface area contributed by atoms with Crippen LogP contribution in [0, 0.1) is 0 Å². The average Bonchev–Trinajstić information content (AvgIpc) is 2.94. The standard InChI is InChI=1S/C17H24N2OS/c1-4-9-18-10-16-11-19-17(21-16)12-20-15-7-5-14(6-8-15)13(2)3/h5-8,11,13,18H,4,9-10,12H2,1-3H3. The Hall–Kier alpha value is -1.39. The maximum atomic E-state index is 5.79. The fourth-order valence-corrected chi connectivity index (χ4v) is 2.78. The third-order valence-corrected chi connectivity index (χ3v) is 4.21. The first kappa shape index (κ1) is 16.0. The fraction of sp³-hybridized carbons (Fsp3) is 0.471. The zero-order valence-electron chi connectivity index (χ0n) is 13.1. The molecule has 0 saturated carbocycles. The third kappa shape index (κ3) is 5.14. The predicted octanol–water partition coefficient (Wildman–Crippen LogP) is 4.35. The number of hydrogen-bond acceptors (Lipinski definition) is 4. The number of hydrogen-bond donors (Lipinski definition) is 1. The second-order valence-electron chi connectivity index (χ2n) is 5.41. The molecule has 0 unspecified atom stereocenters. The second-order valence-corrected chi connectivity index (χ2v) is 6.61. The molecule has 3 nitrogen and oxygen atoms in total. The maximum absolute atomic E-state index is 5.79. The van der Waals surface area contributed by atoms with Crippen molar-refractivity contribution in [1.29, 1.82) is 0 Å². The Labute approximate surface area is 131 Å². The van der Waals surface area contributed by atoms with Gasteiger partial charge in [0.05, 0.1) is 0 Å². The van der Waals surface area contributed by atoms with Gasteiger partial charge in [-0.15, -0.1) is 11.3 Å². The molecule has 0 fully saturated rings. The Morgan fingerprint density at radius 3 is 2.67 bits per heavy atom. The van der Waals surface area contributed by atoms with Crippen molar-refractivity contribution in [2.45, 2.75) is 46.3 Å². The van der Waals surface area contributed by atoms with Crippen molar-refractivity contribution >= 4 is 11.3 Å². The van der Waals surface area contributed by atoms with Crippen LogP contribution in [-0.4, -0.2) is 11.5 Å². The van der Waals surface area contributed by atoms with Gasteiger partial charge in [0.2, 0.25) is 0 Å². The average molecular weight is 304 g/mol. The molecule has 0 atom stereocenters. The lowest BCUT2D eigenvalue weighted by Crippen LogP contribution is -2.12. The summed E-state index contributed by atoms with van der Waals surface area (Å²) in [5.41, 5.74) is 1.33. The molecule has 114 valence electrons. The number of thiazole rings is 1. The molecule has 0 aliphatic rings. The predicted molar refractivity (Wildman–Crippen MR) is 89.0 cm³/mol. The molecule has 0 amide bonds. The molecule has 2 rings (SSSR count). The van der Waals surface area contributed by atoms with E-state index in [4.69, 9.17) is 4.74 Å². The Balaban J connectivity index is 1.82. The largest absolute Gasteiger partial charge is 0.486 e. The molecular formula is C17H24N2OS. The zero-order valence-corrected chi connectivity index (χ0v) is 13.9. The minimum atomic E-state index is 0.541. The van der Waals surface area contributed by atoms with Gasteiger partial charge < -0.3 is 10.1 Å². The van der Waals surface area contributed by atoms with E-state index in [1.54, 1.807) is 11.3 Å². The minimum absolute atomic E-state index is 0.541. The first-order valence-electron chi connectivity index (χ1n) is 7.56. The molecule has 1 heterocycles. The van der Waals surface area contributed by atoms with E-state index in [1.165, 1.54) is 10.4 Å². The van der Waals surface area contributed by atoms with Gasteiger partial charge in [0.25, 0.3) is 0 Å². The number of rotatable bonds is 8. The highest BCUT2D eigenvalue weighted by atomic mass is 32.1. The summed E-state index contributed by atoms with van der Waals surface area (Å²) in [6.07, 6.45) is 3.09. The number of benzene rings is 1. The van der Waals surface area contributed by atoms with Gasteiger partial charge in [-0.2, -0.15) is 0 Å². The summed E-state index contributed by atoms with van der Waals surface area (Å²) < 4.78 is 5.79. The SMILES string of the molecule is CCCNCc1cnc(COc2ccc(C(C)C)cc2)s1. The van der Waals surface area contributed by atoms with Gasteiger partial charge in [0.1, 0.15) is 17.4 Å². The van der Waals surface area contributed by atoms with Crippen molar-refractivity contribution in [1.82, 2.24) is 10.3 Å². The third-order valence-electron chi connectivity index (χ3n) is 3.24. The smallest absolute Gasteiger partial charge is 0.140 e. The van der Waals surface area contributed by atoms with Crippen LogP contribution in [0.1, 0.15) is 48.6 Å².